The SMILES string of the molecule is Cc1ccc(C)c(OC2CCN(C(=O)C3(CN)CCOCC3)CC2)c1.Cl. The Hall–Kier alpha value is -1.30. The number of halogens is 1. The van der Waals surface area contributed by atoms with Crippen molar-refractivity contribution in [3.05, 3.63) is 29.3 Å². The van der Waals surface area contributed by atoms with Gasteiger partial charge in [0.05, 0.1) is 5.41 Å². The van der Waals surface area contributed by atoms with Crippen LogP contribution >= 0.6 is 12.4 Å². The highest BCUT2D eigenvalue weighted by Gasteiger charge is 2.42. The van der Waals surface area contributed by atoms with Gasteiger partial charge >= 0.3 is 0 Å². The monoisotopic (exact) mass is 382 g/mol. The summed E-state index contributed by atoms with van der Waals surface area (Å²) >= 11 is 0. The lowest BCUT2D eigenvalue weighted by Gasteiger charge is -2.41. The minimum atomic E-state index is -0.418. The zero-order chi connectivity index (χ0) is 17.9. The highest BCUT2D eigenvalue weighted by atomic mass is 35.5. The average molecular weight is 383 g/mol. The van der Waals surface area contributed by atoms with Crippen LogP contribution in [0.25, 0.3) is 0 Å². The van der Waals surface area contributed by atoms with E-state index >= 15 is 0 Å². The molecule has 0 unspecified atom stereocenters. The Balaban J connectivity index is 0.00000243. The molecule has 0 atom stereocenters. The van der Waals surface area contributed by atoms with Crippen LogP contribution < -0.4 is 10.5 Å². The molecule has 1 aromatic rings. The van der Waals surface area contributed by atoms with Gasteiger partial charge in [-0.05, 0) is 43.9 Å². The van der Waals surface area contributed by atoms with E-state index in [0.29, 0.717) is 19.8 Å². The summed E-state index contributed by atoms with van der Waals surface area (Å²) in [6.07, 6.45) is 3.39. The third-order valence-corrected chi connectivity index (χ3v) is 5.66. The van der Waals surface area contributed by atoms with Crippen LogP contribution in [0.15, 0.2) is 18.2 Å². The molecule has 2 fully saturated rings. The molecule has 2 aliphatic heterocycles. The number of aryl methyl sites for hydroxylation is 2. The van der Waals surface area contributed by atoms with Crippen molar-refractivity contribution in [2.24, 2.45) is 11.1 Å². The molecule has 0 aromatic heterocycles. The third kappa shape index (κ3) is 4.51. The van der Waals surface area contributed by atoms with Crippen LogP contribution in [-0.4, -0.2) is 49.8 Å². The van der Waals surface area contributed by atoms with Gasteiger partial charge in [-0.15, -0.1) is 12.4 Å². The number of nitrogens with zero attached hydrogens (tertiary/aromatic N) is 1. The van der Waals surface area contributed by atoms with Gasteiger partial charge in [-0.3, -0.25) is 4.79 Å². The predicted octanol–water partition coefficient (Wildman–Crippen LogP) is 2.85. The van der Waals surface area contributed by atoms with Crippen molar-refractivity contribution < 1.29 is 14.3 Å². The topological polar surface area (TPSA) is 64.8 Å². The van der Waals surface area contributed by atoms with Gasteiger partial charge in [-0.1, -0.05) is 12.1 Å². The fraction of sp³-hybridized carbons (Fsp3) is 0.650. The van der Waals surface area contributed by atoms with Crippen LogP contribution in [-0.2, 0) is 9.53 Å². The molecule has 0 bridgehead atoms. The number of hydrogen-bond donors (Lipinski definition) is 1. The lowest BCUT2D eigenvalue weighted by molar-refractivity contribution is -0.149. The molecule has 2 N–H and O–H groups in total. The highest BCUT2D eigenvalue weighted by Crippen LogP contribution is 2.33. The summed E-state index contributed by atoms with van der Waals surface area (Å²) in [5.74, 6) is 1.18. The summed E-state index contributed by atoms with van der Waals surface area (Å²) in [6.45, 7) is 7.32. The van der Waals surface area contributed by atoms with E-state index in [4.69, 9.17) is 15.2 Å². The van der Waals surface area contributed by atoms with E-state index in [1.807, 2.05) is 4.90 Å². The summed E-state index contributed by atoms with van der Waals surface area (Å²) in [7, 11) is 0. The molecule has 0 radical (unpaired) electrons. The summed E-state index contributed by atoms with van der Waals surface area (Å²) in [6, 6.07) is 6.29. The Kier molecular flexibility index (Phi) is 7.33. The molecular formula is C20H31ClN2O3. The molecule has 1 amide bonds. The Labute approximate surface area is 162 Å². The standard InChI is InChI=1S/C20H30N2O3.ClH/c1-15-3-4-16(2)18(13-15)25-17-5-9-22(10-6-17)19(23)20(14-21)7-11-24-12-8-20;/h3-4,13,17H,5-12,14,21H2,1-2H3;1H. The Morgan fingerprint density at radius 2 is 1.92 bits per heavy atom. The molecule has 0 aliphatic carbocycles. The number of ether oxygens (including phenoxy) is 2. The van der Waals surface area contributed by atoms with Crippen molar-refractivity contribution in [3.8, 4) is 5.75 Å². The molecule has 26 heavy (non-hydrogen) atoms. The van der Waals surface area contributed by atoms with Gasteiger partial charge in [0.25, 0.3) is 0 Å². The molecule has 3 rings (SSSR count). The van der Waals surface area contributed by atoms with Gasteiger partial charge in [0.15, 0.2) is 0 Å². The van der Waals surface area contributed by atoms with Crippen molar-refractivity contribution in [2.45, 2.75) is 45.6 Å². The van der Waals surface area contributed by atoms with Gasteiger partial charge in [0.2, 0.25) is 5.91 Å². The lowest BCUT2D eigenvalue weighted by atomic mass is 9.78. The largest absolute Gasteiger partial charge is 0.490 e. The predicted molar refractivity (Wildman–Crippen MR) is 105 cm³/mol. The number of carbonyl (C=O) groups excluding carboxylic acids is 1. The second kappa shape index (κ2) is 9.07. The van der Waals surface area contributed by atoms with Crippen LogP contribution in [0, 0.1) is 19.3 Å². The van der Waals surface area contributed by atoms with Crippen LogP contribution in [0.5, 0.6) is 5.75 Å². The summed E-state index contributed by atoms with van der Waals surface area (Å²) < 4.78 is 11.6. The maximum Gasteiger partial charge on any atom is 0.230 e. The summed E-state index contributed by atoms with van der Waals surface area (Å²) in [5.41, 5.74) is 7.93. The highest BCUT2D eigenvalue weighted by molar-refractivity contribution is 5.85. The fourth-order valence-electron chi connectivity index (χ4n) is 3.79. The van der Waals surface area contributed by atoms with Crippen LogP contribution in [0.2, 0.25) is 0 Å². The molecule has 2 saturated heterocycles. The zero-order valence-corrected chi connectivity index (χ0v) is 16.6. The first-order valence-electron chi connectivity index (χ1n) is 9.35. The zero-order valence-electron chi connectivity index (χ0n) is 15.8. The first-order valence-corrected chi connectivity index (χ1v) is 9.35. The molecule has 2 heterocycles. The Morgan fingerprint density at radius 3 is 2.54 bits per heavy atom. The number of likely N-dealkylation sites (tertiary alicyclic amines) is 1. The lowest BCUT2D eigenvalue weighted by Crippen LogP contribution is -2.53. The van der Waals surface area contributed by atoms with E-state index in [1.54, 1.807) is 0 Å². The van der Waals surface area contributed by atoms with Crippen LogP contribution in [0.1, 0.15) is 36.8 Å². The van der Waals surface area contributed by atoms with Gasteiger partial charge in [0, 0.05) is 45.7 Å². The van der Waals surface area contributed by atoms with Gasteiger partial charge in [0.1, 0.15) is 11.9 Å². The third-order valence-electron chi connectivity index (χ3n) is 5.66. The van der Waals surface area contributed by atoms with Crippen LogP contribution in [0.3, 0.4) is 0 Å². The fourth-order valence-corrected chi connectivity index (χ4v) is 3.79. The van der Waals surface area contributed by atoms with Crippen LogP contribution in [0.4, 0.5) is 0 Å². The second-order valence-corrected chi connectivity index (χ2v) is 7.48. The quantitative estimate of drug-likeness (QED) is 0.869. The van der Waals surface area contributed by atoms with E-state index in [1.165, 1.54) is 5.56 Å². The number of piperidine rings is 1. The molecule has 0 spiro atoms. The molecule has 0 saturated carbocycles. The number of benzene rings is 1. The minimum absolute atomic E-state index is 0. The second-order valence-electron chi connectivity index (χ2n) is 7.48. The van der Waals surface area contributed by atoms with E-state index in [2.05, 4.69) is 32.0 Å². The normalized spacial score (nSPS) is 20.3. The minimum Gasteiger partial charge on any atom is -0.490 e. The summed E-state index contributed by atoms with van der Waals surface area (Å²) in [5, 5.41) is 0. The van der Waals surface area contributed by atoms with E-state index in [-0.39, 0.29) is 24.4 Å². The van der Waals surface area contributed by atoms with Gasteiger partial charge < -0.3 is 20.1 Å². The number of hydrogen-bond acceptors (Lipinski definition) is 4. The molecule has 1 aromatic carbocycles. The number of rotatable bonds is 4. The number of nitrogens with two attached hydrogens (primary N) is 1. The summed E-state index contributed by atoms with van der Waals surface area (Å²) in [4.78, 5) is 15.0. The number of carbonyl (C=O) groups is 1. The molecule has 146 valence electrons. The van der Waals surface area contributed by atoms with Gasteiger partial charge in [-0.2, -0.15) is 0 Å². The van der Waals surface area contributed by atoms with Crippen molar-refractivity contribution >= 4 is 18.3 Å². The Bertz CT molecular complexity index is 609. The average Bonchev–Trinajstić information content (AvgIpc) is 2.65. The van der Waals surface area contributed by atoms with Crippen molar-refractivity contribution in [1.82, 2.24) is 4.90 Å². The van der Waals surface area contributed by atoms with E-state index < -0.39 is 5.41 Å². The molecular weight excluding hydrogens is 352 g/mol. The molecule has 5 nitrogen and oxygen atoms in total. The molecule has 6 heteroatoms. The van der Waals surface area contributed by atoms with E-state index in [0.717, 1.165) is 50.1 Å². The smallest absolute Gasteiger partial charge is 0.230 e. The maximum absolute atomic E-state index is 13.0. The first-order chi connectivity index (χ1) is 12.0. The van der Waals surface area contributed by atoms with Crippen molar-refractivity contribution in [3.63, 3.8) is 0 Å². The van der Waals surface area contributed by atoms with Crippen molar-refractivity contribution in [2.75, 3.05) is 32.8 Å². The van der Waals surface area contributed by atoms with Crippen molar-refractivity contribution in [1.29, 1.82) is 0 Å². The number of amides is 1. The van der Waals surface area contributed by atoms with Gasteiger partial charge in [-0.25, -0.2) is 0 Å². The molecule has 2 aliphatic rings. The van der Waals surface area contributed by atoms with E-state index in [9.17, 15) is 4.79 Å². The first kappa shape index (κ1) is 21.0. The Morgan fingerprint density at radius 1 is 1.27 bits per heavy atom. The maximum atomic E-state index is 13.0.